The highest BCUT2D eigenvalue weighted by Crippen LogP contribution is 2.19. The number of hydrogen-bond acceptors (Lipinski definition) is 3. The van der Waals surface area contributed by atoms with E-state index in [1.807, 2.05) is 6.07 Å². The predicted molar refractivity (Wildman–Crippen MR) is 105 cm³/mol. The molecule has 0 aliphatic carbocycles. The number of aromatic nitrogens is 1. The van der Waals surface area contributed by atoms with Crippen molar-refractivity contribution in [1.29, 1.82) is 0 Å². The van der Waals surface area contributed by atoms with Gasteiger partial charge in [-0.05, 0) is 30.4 Å². The molecule has 1 fully saturated rings. The molecule has 142 valence electrons. The number of carbonyl (C=O) groups excluding carboxylic acids is 1. The third kappa shape index (κ3) is 5.32. The maximum Gasteiger partial charge on any atom is 0.220 e. The van der Waals surface area contributed by atoms with Gasteiger partial charge in [0.15, 0.2) is 0 Å². The molecule has 0 bridgehead atoms. The van der Waals surface area contributed by atoms with Crippen LogP contribution in [0.2, 0.25) is 0 Å². The summed E-state index contributed by atoms with van der Waals surface area (Å²) in [5, 5.41) is 4.30. The number of morpholine rings is 1. The van der Waals surface area contributed by atoms with Gasteiger partial charge >= 0.3 is 0 Å². The Morgan fingerprint density at radius 2 is 2.23 bits per heavy atom. The molecule has 5 heteroatoms. The molecule has 1 aliphatic heterocycles. The molecule has 1 aromatic carbocycles. The number of amides is 1. The van der Waals surface area contributed by atoms with Crippen molar-refractivity contribution in [2.24, 2.45) is 5.92 Å². The molecule has 2 aromatic rings. The highest BCUT2D eigenvalue weighted by Gasteiger charge is 2.21. The Kier molecular flexibility index (Phi) is 6.69. The molecule has 3 rings (SSSR count). The zero-order valence-corrected chi connectivity index (χ0v) is 16.0. The van der Waals surface area contributed by atoms with Crippen LogP contribution in [0.15, 0.2) is 30.5 Å². The number of para-hydroxylation sites is 1. The summed E-state index contributed by atoms with van der Waals surface area (Å²) in [6.07, 6.45) is 4.50. The SMILES string of the molecule is CC(C)CN1CCOC(CNC(=O)CCCc2c[nH]c3ccccc23)C1. The zero-order chi connectivity index (χ0) is 18.4. The first-order chi connectivity index (χ1) is 12.6. The zero-order valence-electron chi connectivity index (χ0n) is 16.0. The molecule has 2 N–H and O–H groups in total. The van der Waals surface area contributed by atoms with Gasteiger partial charge in [0.2, 0.25) is 5.91 Å². The average Bonchev–Trinajstić information content (AvgIpc) is 3.03. The normalized spacial score (nSPS) is 18.5. The summed E-state index contributed by atoms with van der Waals surface area (Å²) in [7, 11) is 0. The van der Waals surface area contributed by atoms with E-state index < -0.39 is 0 Å². The van der Waals surface area contributed by atoms with Crippen molar-refractivity contribution in [2.45, 2.75) is 39.2 Å². The number of benzene rings is 1. The fourth-order valence-corrected chi connectivity index (χ4v) is 3.68. The second kappa shape index (κ2) is 9.19. The molecule has 26 heavy (non-hydrogen) atoms. The van der Waals surface area contributed by atoms with Crippen LogP contribution in [-0.4, -0.2) is 54.7 Å². The van der Waals surface area contributed by atoms with Crippen LogP contribution in [0.25, 0.3) is 10.9 Å². The molecular weight excluding hydrogens is 326 g/mol. The van der Waals surface area contributed by atoms with Crippen molar-refractivity contribution in [3.05, 3.63) is 36.0 Å². The molecule has 0 spiro atoms. The second-order valence-corrected chi connectivity index (χ2v) is 7.66. The number of ether oxygens (including phenoxy) is 1. The molecule has 1 aromatic heterocycles. The van der Waals surface area contributed by atoms with Gasteiger partial charge in [0, 0.05) is 49.7 Å². The first-order valence-electron chi connectivity index (χ1n) is 9.77. The number of nitrogens with one attached hydrogen (secondary N) is 2. The van der Waals surface area contributed by atoms with E-state index in [0.29, 0.717) is 18.9 Å². The molecule has 5 nitrogen and oxygen atoms in total. The number of nitrogens with zero attached hydrogens (tertiary/aromatic N) is 1. The first-order valence-corrected chi connectivity index (χ1v) is 9.77. The standard InChI is InChI=1S/C21H31N3O2/c1-16(2)14-24-10-11-26-18(15-24)13-23-21(25)9-5-6-17-12-22-20-8-4-3-7-19(17)20/h3-4,7-8,12,16,18,22H,5-6,9-11,13-15H2,1-2H3,(H,23,25). The molecule has 1 aliphatic rings. The van der Waals surface area contributed by atoms with Crippen molar-refractivity contribution < 1.29 is 9.53 Å². The van der Waals surface area contributed by atoms with E-state index in [9.17, 15) is 4.79 Å². The first kappa shape index (κ1) is 18.9. The number of aromatic amines is 1. The summed E-state index contributed by atoms with van der Waals surface area (Å²) in [6, 6.07) is 8.30. The molecule has 1 unspecified atom stereocenters. The highest BCUT2D eigenvalue weighted by molar-refractivity contribution is 5.83. The lowest BCUT2D eigenvalue weighted by atomic mass is 10.1. The average molecular weight is 357 g/mol. The Hall–Kier alpha value is -1.85. The second-order valence-electron chi connectivity index (χ2n) is 7.66. The van der Waals surface area contributed by atoms with Gasteiger partial charge in [-0.2, -0.15) is 0 Å². The van der Waals surface area contributed by atoms with Gasteiger partial charge in [0.05, 0.1) is 12.7 Å². The third-order valence-electron chi connectivity index (χ3n) is 4.90. The largest absolute Gasteiger partial charge is 0.374 e. The van der Waals surface area contributed by atoms with E-state index in [4.69, 9.17) is 4.74 Å². The summed E-state index contributed by atoms with van der Waals surface area (Å²) in [4.78, 5) is 17.9. The third-order valence-corrected chi connectivity index (χ3v) is 4.90. The van der Waals surface area contributed by atoms with Crippen LogP contribution in [0.3, 0.4) is 0 Å². The van der Waals surface area contributed by atoms with Crippen LogP contribution >= 0.6 is 0 Å². The number of rotatable bonds is 8. The Morgan fingerprint density at radius 3 is 3.08 bits per heavy atom. The van der Waals surface area contributed by atoms with Crippen molar-refractivity contribution in [1.82, 2.24) is 15.2 Å². The summed E-state index contributed by atoms with van der Waals surface area (Å²) < 4.78 is 5.79. The fraction of sp³-hybridized carbons (Fsp3) is 0.571. The van der Waals surface area contributed by atoms with E-state index in [2.05, 4.69) is 53.4 Å². The van der Waals surface area contributed by atoms with Gasteiger partial charge in [0.25, 0.3) is 0 Å². The number of H-pyrrole nitrogens is 1. The van der Waals surface area contributed by atoms with Crippen LogP contribution in [0.1, 0.15) is 32.3 Å². The van der Waals surface area contributed by atoms with Crippen LogP contribution < -0.4 is 5.32 Å². The van der Waals surface area contributed by atoms with Crippen molar-refractivity contribution in [3.63, 3.8) is 0 Å². The number of carbonyl (C=O) groups is 1. The predicted octanol–water partition coefficient (Wildman–Crippen LogP) is 2.96. The van der Waals surface area contributed by atoms with Crippen LogP contribution in [-0.2, 0) is 16.0 Å². The van der Waals surface area contributed by atoms with Gasteiger partial charge in [-0.25, -0.2) is 0 Å². The van der Waals surface area contributed by atoms with E-state index in [1.165, 1.54) is 10.9 Å². The Morgan fingerprint density at radius 1 is 1.38 bits per heavy atom. The Balaban J connectivity index is 1.36. The molecule has 1 saturated heterocycles. The minimum atomic E-state index is 0.111. The van der Waals surface area contributed by atoms with Gasteiger partial charge in [-0.1, -0.05) is 32.0 Å². The lowest BCUT2D eigenvalue weighted by Gasteiger charge is -2.33. The maximum atomic E-state index is 12.1. The quantitative estimate of drug-likeness (QED) is 0.764. The lowest BCUT2D eigenvalue weighted by Crippen LogP contribution is -2.48. The van der Waals surface area contributed by atoms with E-state index in [-0.39, 0.29) is 12.0 Å². The minimum Gasteiger partial charge on any atom is -0.374 e. The van der Waals surface area contributed by atoms with Crippen molar-refractivity contribution >= 4 is 16.8 Å². The van der Waals surface area contributed by atoms with Gasteiger partial charge in [0.1, 0.15) is 0 Å². The monoisotopic (exact) mass is 357 g/mol. The van der Waals surface area contributed by atoms with Gasteiger partial charge in [-0.3, -0.25) is 9.69 Å². The minimum absolute atomic E-state index is 0.111. The lowest BCUT2D eigenvalue weighted by molar-refractivity contribution is -0.122. The molecule has 2 heterocycles. The topological polar surface area (TPSA) is 57.4 Å². The highest BCUT2D eigenvalue weighted by atomic mass is 16.5. The Labute approximate surface area is 156 Å². The summed E-state index contributed by atoms with van der Waals surface area (Å²) in [5.74, 6) is 0.780. The van der Waals surface area contributed by atoms with Crippen LogP contribution in [0.5, 0.6) is 0 Å². The van der Waals surface area contributed by atoms with E-state index in [1.54, 1.807) is 0 Å². The summed E-state index contributed by atoms with van der Waals surface area (Å²) >= 11 is 0. The van der Waals surface area contributed by atoms with Crippen molar-refractivity contribution in [3.8, 4) is 0 Å². The fourth-order valence-electron chi connectivity index (χ4n) is 3.68. The van der Waals surface area contributed by atoms with Crippen molar-refractivity contribution in [2.75, 3.05) is 32.8 Å². The van der Waals surface area contributed by atoms with E-state index in [0.717, 1.165) is 44.6 Å². The molecule has 1 amide bonds. The molecule has 0 radical (unpaired) electrons. The molecular formula is C21H31N3O2. The number of aryl methyl sites for hydroxylation is 1. The number of hydrogen-bond donors (Lipinski definition) is 2. The van der Waals surface area contributed by atoms with E-state index >= 15 is 0 Å². The maximum absolute atomic E-state index is 12.1. The Bertz CT molecular complexity index is 710. The van der Waals surface area contributed by atoms with Crippen LogP contribution in [0, 0.1) is 5.92 Å². The van der Waals surface area contributed by atoms with Gasteiger partial charge < -0.3 is 15.0 Å². The summed E-state index contributed by atoms with van der Waals surface area (Å²) in [6.45, 7) is 8.84. The van der Waals surface area contributed by atoms with Gasteiger partial charge in [-0.15, -0.1) is 0 Å². The van der Waals surface area contributed by atoms with Crippen LogP contribution in [0.4, 0.5) is 0 Å². The molecule has 1 atom stereocenters. The molecule has 0 saturated carbocycles. The summed E-state index contributed by atoms with van der Waals surface area (Å²) in [5.41, 5.74) is 2.45. The number of fused-ring (bicyclic) bond motifs is 1. The smallest absolute Gasteiger partial charge is 0.220 e.